The minimum Gasteiger partial charge on any atom is -0.255 e. The zero-order valence-corrected chi connectivity index (χ0v) is 11.7. The van der Waals surface area contributed by atoms with Crippen LogP contribution >= 0.6 is 11.3 Å². The van der Waals surface area contributed by atoms with Gasteiger partial charge in [-0.25, -0.2) is 0 Å². The molecule has 0 aliphatic heterocycles. The summed E-state index contributed by atoms with van der Waals surface area (Å²) in [5, 5.41) is 0. The molecule has 0 amide bonds. The van der Waals surface area contributed by atoms with E-state index < -0.39 is 0 Å². The topological polar surface area (TPSA) is 25.8 Å². The Morgan fingerprint density at radius 1 is 0.684 bits per heavy atom. The summed E-state index contributed by atoms with van der Waals surface area (Å²) in [7, 11) is 0. The van der Waals surface area contributed by atoms with E-state index in [-0.39, 0.29) is 0 Å². The van der Waals surface area contributed by atoms with Crippen molar-refractivity contribution in [2.24, 2.45) is 0 Å². The molecule has 3 heterocycles. The van der Waals surface area contributed by atoms with Crippen molar-refractivity contribution in [2.75, 3.05) is 0 Å². The Morgan fingerprint density at radius 2 is 1.16 bits per heavy atom. The molecule has 0 aromatic carbocycles. The number of thiophene rings is 1. The Bertz CT molecular complexity index is 622. The lowest BCUT2D eigenvalue weighted by Gasteiger charge is -1.98. The van der Waals surface area contributed by atoms with Crippen LogP contribution in [0, 0.1) is 13.8 Å². The number of pyridine rings is 2. The average Bonchev–Trinajstić information content (AvgIpc) is 2.90. The second kappa shape index (κ2) is 4.94. The van der Waals surface area contributed by atoms with E-state index in [2.05, 4.69) is 46.4 Å². The highest BCUT2D eigenvalue weighted by Crippen LogP contribution is 2.32. The second-order valence-corrected chi connectivity index (χ2v) is 5.69. The van der Waals surface area contributed by atoms with Gasteiger partial charge < -0.3 is 0 Å². The third-order valence-corrected chi connectivity index (χ3v) is 4.06. The molecule has 0 bridgehead atoms. The first-order valence-electron chi connectivity index (χ1n) is 6.18. The van der Waals surface area contributed by atoms with Gasteiger partial charge in [0.1, 0.15) is 0 Å². The highest BCUT2D eigenvalue weighted by atomic mass is 32.1. The summed E-state index contributed by atoms with van der Waals surface area (Å²) in [4.78, 5) is 11.3. The molecule has 0 radical (unpaired) electrons. The maximum absolute atomic E-state index is 4.46. The first-order chi connectivity index (χ1) is 9.22. The molecule has 0 fully saturated rings. The third-order valence-electron chi connectivity index (χ3n) is 2.93. The summed E-state index contributed by atoms with van der Waals surface area (Å²) in [5.74, 6) is 0. The van der Waals surface area contributed by atoms with E-state index in [1.165, 1.54) is 20.9 Å². The molecule has 0 atom stereocenters. The van der Waals surface area contributed by atoms with E-state index in [1.807, 2.05) is 26.2 Å². The molecule has 19 heavy (non-hydrogen) atoms. The van der Waals surface area contributed by atoms with Crippen LogP contribution in [0.2, 0.25) is 0 Å². The molecule has 3 rings (SSSR count). The summed E-state index contributed by atoms with van der Waals surface area (Å²) in [6.45, 7) is 4.10. The Labute approximate surface area is 116 Å². The molecular weight excluding hydrogens is 252 g/mol. The smallest absolute Gasteiger partial charge is 0.0802 e. The fourth-order valence-electron chi connectivity index (χ4n) is 1.84. The molecule has 94 valence electrons. The molecule has 0 unspecified atom stereocenters. The van der Waals surface area contributed by atoms with Crippen LogP contribution < -0.4 is 0 Å². The Morgan fingerprint density at radius 3 is 1.53 bits per heavy atom. The maximum atomic E-state index is 4.46. The van der Waals surface area contributed by atoms with E-state index >= 15 is 0 Å². The van der Waals surface area contributed by atoms with Gasteiger partial charge in [-0.15, -0.1) is 11.3 Å². The maximum Gasteiger partial charge on any atom is 0.0802 e. The molecule has 0 aliphatic carbocycles. The number of rotatable bonds is 2. The predicted molar refractivity (Wildman–Crippen MR) is 80.3 cm³/mol. The van der Waals surface area contributed by atoms with Crippen LogP contribution in [0.1, 0.15) is 11.1 Å². The van der Waals surface area contributed by atoms with Crippen molar-refractivity contribution in [3.63, 3.8) is 0 Å². The van der Waals surface area contributed by atoms with Gasteiger partial charge in [0.2, 0.25) is 0 Å². The van der Waals surface area contributed by atoms with Gasteiger partial charge in [-0.1, -0.05) is 12.1 Å². The lowest BCUT2D eigenvalue weighted by molar-refractivity contribution is 1.28. The molecule has 0 saturated heterocycles. The van der Waals surface area contributed by atoms with Crippen LogP contribution in [0.15, 0.2) is 48.8 Å². The fourth-order valence-corrected chi connectivity index (χ4v) is 2.80. The van der Waals surface area contributed by atoms with Crippen LogP contribution in [0.3, 0.4) is 0 Å². The van der Waals surface area contributed by atoms with Gasteiger partial charge in [0.05, 0.1) is 21.1 Å². The first-order valence-corrected chi connectivity index (χ1v) is 7.00. The predicted octanol–water partition coefficient (Wildman–Crippen LogP) is 4.49. The first kappa shape index (κ1) is 12.1. The highest BCUT2D eigenvalue weighted by Gasteiger charge is 2.06. The van der Waals surface area contributed by atoms with Crippen molar-refractivity contribution in [2.45, 2.75) is 13.8 Å². The molecule has 0 N–H and O–H groups in total. The molecule has 0 aliphatic rings. The van der Waals surface area contributed by atoms with Crippen molar-refractivity contribution in [1.29, 1.82) is 0 Å². The van der Waals surface area contributed by atoms with E-state index in [0.29, 0.717) is 0 Å². The lowest BCUT2D eigenvalue weighted by atomic mass is 10.2. The largest absolute Gasteiger partial charge is 0.255 e. The SMILES string of the molecule is Cc1ccc(-c2ccc(-c3ccc(C)cn3)s2)nc1. The number of hydrogen-bond acceptors (Lipinski definition) is 3. The zero-order valence-electron chi connectivity index (χ0n) is 10.9. The molecule has 0 saturated carbocycles. The van der Waals surface area contributed by atoms with Gasteiger partial charge in [-0.2, -0.15) is 0 Å². The molecule has 2 nitrogen and oxygen atoms in total. The van der Waals surface area contributed by atoms with E-state index in [9.17, 15) is 0 Å². The molecule has 0 spiro atoms. The van der Waals surface area contributed by atoms with Gasteiger partial charge >= 0.3 is 0 Å². The molecule has 3 heteroatoms. The normalized spacial score (nSPS) is 10.6. The molecule has 3 aromatic rings. The minimum atomic E-state index is 1.02. The summed E-state index contributed by atoms with van der Waals surface area (Å²) in [6.07, 6.45) is 3.80. The molecular formula is C16H14N2S. The summed E-state index contributed by atoms with van der Waals surface area (Å²) in [5.41, 5.74) is 4.41. The van der Waals surface area contributed by atoms with Crippen LogP contribution in [0.25, 0.3) is 21.1 Å². The minimum absolute atomic E-state index is 1.02. The number of aromatic nitrogens is 2. The lowest BCUT2D eigenvalue weighted by Crippen LogP contribution is -1.80. The zero-order chi connectivity index (χ0) is 13.2. The van der Waals surface area contributed by atoms with Gasteiger partial charge in [0.25, 0.3) is 0 Å². The van der Waals surface area contributed by atoms with Crippen LogP contribution in [0.5, 0.6) is 0 Å². The number of nitrogens with zero attached hydrogens (tertiary/aromatic N) is 2. The van der Waals surface area contributed by atoms with Crippen molar-refractivity contribution in [1.82, 2.24) is 9.97 Å². The summed E-state index contributed by atoms with van der Waals surface area (Å²) in [6, 6.07) is 12.5. The van der Waals surface area contributed by atoms with Crippen molar-refractivity contribution < 1.29 is 0 Å². The van der Waals surface area contributed by atoms with Crippen molar-refractivity contribution in [3.05, 3.63) is 59.9 Å². The van der Waals surface area contributed by atoms with Gasteiger partial charge in [0.15, 0.2) is 0 Å². The second-order valence-electron chi connectivity index (χ2n) is 4.61. The number of hydrogen-bond donors (Lipinski definition) is 0. The fraction of sp³-hybridized carbons (Fsp3) is 0.125. The van der Waals surface area contributed by atoms with Gasteiger partial charge in [-0.3, -0.25) is 9.97 Å². The highest BCUT2D eigenvalue weighted by molar-refractivity contribution is 7.18. The van der Waals surface area contributed by atoms with Crippen LogP contribution in [0.4, 0.5) is 0 Å². The van der Waals surface area contributed by atoms with Gasteiger partial charge in [0, 0.05) is 12.4 Å². The van der Waals surface area contributed by atoms with E-state index in [4.69, 9.17) is 0 Å². The van der Waals surface area contributed by atoms with Crippen molar-refractivity contribution >= 4 is 11.3 Å². The quantitative estimate of drug-likeness (QED) is 0.683. The van der Waals surface area contributed by atoms with E-state index in [1.54, 1.807) is 11.3 Å². The van der Waals surface area contributed by atoms with Gasteiger partial charge in [-0.05, 0) is 49.2 Å². The third kappa shape index (κ3) is 2.56. The van der Waals surface area contributed by atoms with Crippen molar-refractivity contribution in [3.8, 4) is 21.1 Å². The molecule has 3 aromatic heterocycles. The Kier molecular flexibility index (Phi) is 3.13. The Balaban J connectivity index is 1.95. The summed E-state index contributed by atoms with van der Waals surface area (Å²) >= 11 is 1.73. The number of aryl methyl sites for hydroxylation is 2. The van der Waals surface area contributed by atoms with E-state index in [0.717, 1.165) is 11.4 Å². The summed E-state index contributed by atoms with van der Waals surface area (Å²) < 4.78 is 0. The monoisotopic (exact) mass is 266 g/mol. The average molecular weight is 266 g/mol. The standard InChI is InChI=1S/C16H14N2S/c1-11-3-5-13(17-9-11)15-7-8-16(19-15)14-6-4-12(2)10-18-14/h3-10H,1-2H3. The Hall–Kier alpha value is -2.00. The van der Waals surface area contributed by atoms with Crippen LogP contribution in [-0.2, 0) is 0 Å². The van der Waals surface area contributed by atoms with Crippen LogP contribution in [-0.4, -0.2) is 9.97 Å².